The Labute approximate surface area is 110 Å². The highest BCUT2D eigenvalue weighted by Crippen LogP contribution is 2.15. The van der Waals surface area contributed by atoms with Crippen LogP contribution < -0.4 is 5.32 Å². The van der Waals surface area contributed by atoms with E-state index in [2.05, 4.69) is 10.3 Å². The van der Waals surface area contributed by atoms with Crippen molar-refractivity contribution in [3.05, 3.63) is 16.6 Å². The second-order valence-electron chi connectivity index (χ2n) is 4.77. The highest BCUT2D eigenvalue weighted by molar-refractivity contribution is 7.09. The van der Waals surface area contributed by atoms with Crippen molar-refractivity contribution in [2.75, 3.05) is 6.54 Å². The average molecular weight is 267 g/mol. The van der Waals surface area contributed by atoms with Gasteiger partial charge in [0.15, 0.2) is 0 Å². The second-order valence-corrected chi connectivity index (χ2v) is 5.74. The summed E-state index contributed by atoms with van der Waals surface area (Å²) in [4.78, 5) is 30.7. The Kier molecular flexibility index (Phi) is 3.96. The number of hydrogen-bond donors (Lipinski definition) is 1. The summed E-state index contributed by atoms with van der Waals surface area (Å²) in [6.45, 7) is 4.91. The predicted molar refractivity (Wildman–Crippen MR) is 68.9 cm³/mol. The third-order valence-corrected chi connectivity index (χ3v) is 3.76. The number of nitrogens with one attached hydrogen (secondary N) is 1. The maximum Gasteiger partial charge on any atom is 0.245 e. The summed E-state index contributed by atoms with van der Waals surface area (Å²) >= 11 is 1.53. The van der Waals surface area contributed by atoms with Crippen LogP contribution in [0.4, 0.5) is 0 Å². The molecule has 5 nitrogen and oxygen atoms in total. The van der Waals surface area contributed by atoms with Gasteiger partial charge in [0, 0.05) is 24.0 Å². The molecule has 18 heavy (non-hydrogen) atoms. The summed E-state index contributed by atoms with van der Waals surface area (Å²) in [5, 5.41) is 2.80. The molecule has 98 valence electrons. The van der Waals surface area contributed by atoms with E-state index in [1.165, 1.54) is 11.3 Å². The quantitative estimate of drug-likeness (QED) is 0.889. The first-order valence-electron chi connectivity index (χ1n) is 6.03. The maximum absolute atomic E-state index is 12.4. The van der Waals surface area contributed by atoms with Gasteiger partial charge in [-0.1, -0.05) is 13.8 Å². The van der Waals surface area contributed by atoms with Crippen molar-refractivity contribution < 1.29 is 9.59 Å². The van der Waals surface area contributed by atoms with Gasteiger partial charge in [0.05, 0.1) is 12.1 Å². The minimum absolute atomic E-state index is 0.00394. The number of rotatable bonds is 3. The van der Waals surface area contributed by atoms with Gasteiger partial charge in [-0.15, -0.1) is 11.3 Å². The van der Waals surface area contributed by atoms with Crippen LogP contribution in [0.15, 0.2) is 11.7 Å². The van der Waals surface area contributed by atoms with Crippen LogP contribution in [0.3, 0.4) is 0 Å². The molecule has 0 spiro atoms. The maximum atomic E-state index is 12.4. The zero-order chi connectivity index (χ0) is 13.1. The van der Waals surface area contributed by atoms with Crippen LogP contribution in [-0.4, -0.2) is 34.3 Å². The van der Waals surface area contributed by atoms with Crippen LogP contribution >= 0.6 is 11.3 Å². The fourth-order valence-corrected chi connectivity index (χ4v) is 2.58. The average Bonchev–Trinajstić information content (AvgIpc) is 2.78. The number of amides is 2. The van der Waals surface area contributed by atoms with E-state index in [1.54, 1.807) is 16.6 Å². The normalized spacial score (nSPS) is 21.1. The van der Waals surface area contributed by atoms with Gasteiger partial charge in [-0.25, -0.2) is 0 Å². The molecule has 1 aliphatic heterocycles. The van der Waals surface area contributed by atoms with Gasteiger partial charge in [0.1, 0.15) is 6.04 Å². The molecule has 1 saturated heterocycles. The lowest BCUT2D eigenvalue weighted by molar-refractivity contribution is -0.135. The smallest absolute Gasteiger partial charge is 0.245 e. The van der Waals surface area contributed by atoms with Crippen molar-refractivity contribution in [3.63, 3.8) is 0 Å². The summed E-state index contributed by atoms with van der Waals surface area (Å²) in [6.07, 6.45) is 2.14. The summed E-state index contributed by atoms with van der Waals surface area (Å²) in [5.41, 5.74) is 1.75. The van der Waals surface area contributed by atoms with Crippen molar-refractivity contribution >= 4 is 23.2 Å². The number of carbonyl (C=O) groups excluding carboxylic acids is 2. The third-order valence-electron chi connectivity index (χ3n) is 3.00. The molecule has 1 fully saturated rings. The Morgan fingerprint density at radius 1 is 1.56 bits per heavy atom. The van der Waals surface area contributed by atoms with Gasteiger partial charge in [-0.3, -0.25) is 14.6 Å². The predicted octanol–water partition coefficient (Wildman–Crippen LogP) is 1.02. The highest BCUT2D eigenvalue weighted by Gasteiger charge is 2.31. The molecule has 1 aromatic heterocycles. The molecule has 1 aromatic rings. The van der Waals surface area contributed by atoms with Crippen LogP contribution in [0.2, 0.25) is 0 Å². The number of hydrogen-bond acceptors (Lipinski definition) is 4. The summed E-state index contributed by atoms with van der Waals surface area (Å²) in [7, 11) is 0. The molecular formula is C12H17N3O2S. The molecule has 2 amide bonds. The monoisotopic (exact) mass is 267 g/mol. The number of aromatic nitrogens is 1. The van der Waals surface area contributed by atoms with Crippen molar-refractivity contribution in [2.45, 2.75) is 32.9 Å². The molecular weight excluding hydrogens is 250 g/mol. The van der Waals surface area contributed by atoms with E-state index in [9.17, 15) is 9.59 Å². The Morgan fingerprint density at radius 3 is 2.94 bits per heavy atom. The molecule has 0 radical (unpaired) electrons. The number of nitrogens with zero attached hydrogens (tertiary/aromatic N) is 2. The highest BCUT2D eigenvalue weighted by atomic mass is 32.1. The van der Waals surface area contributed by atoms with E-state index in [0.29, 0.717) is 19.5 Å². The van der Waals surface area contributed by atoms with Crippen LogP contribution in [0.5, 0.6) is 0 Å². The lowest BCUT2D eigenvalue weighted by atomic mass is 10.0. The molecule has 2 rings (SSSR count). The van der Waals surface area contributed by atoms with Crippen molar-refractivity contribution in [1.82, 2.24) is 15.2 Å². The minimum atomic E-state index is -0.409. The Bertz CT molecular complexity index is 431. The van der Waals surface area contributed by atoms with E-state index in [-0.39, 0.29) is 17.7 Å². The van der Waals surface area contributed by atoms with Crippen LogP contribution in [0.25, 0.3) is 0 Å². The molecule has 1 aliphatic rings. The summed E-state index contributed by atoms with van der Waals surface area (Å²) in [6, 6.07) is -0.409. The molecule has 1 unspecified atom stereocenters. The molecule has 2 heterocycles. The lowest BCUT2D eigenvalue weighted by Crippen LogP contribution is -2.47. The first-order chi connectivity index (χ1) is 8.58. The molecule has 1 N–H and O–H groups in total. The van der Waals surface area contributed by atoms with E-state index >= 15 is 0 Å². The van der Waals surface area contributed by atoms with Crippen molar-refractivity contribution in [2.24, 2.45) is 5.92 Å². The number of carbonyl (C=O) groups is 2. The third kappa shape index (κ3) is 2.87. The first-order valence-corrected chi connectivity index (χ1v) is 6.91. The largest absolute Gasteiger partial charge is 0.344 e. The van der Waals surface area contributed by atoms with Gasteiger partial charge < -0.3 is 10.2 Å². The van der Waals surface area contributed by atoms with E-state index in [4.69, 9.17) is 0 Å². The molecule has 6 heteroatoms. The fourth-order valence-electron chi connectivity index (χ4n) is 1.97. The Hall–Kier alpha value is -1.43. The minimum Gasteiger partial charge on any atom is -0.344 e. The van der Waals surface area contributed by atoms with Gasteiger partial charge in [-0.05, 0) is 5.92 Å². The van der Waals surface area contributed by atoms with Gasteiger partial charge in [0.25, 0.3) is 0 Å². The molecule has 0 bridgehead atoms. The molecule has 1 atom stereocenters. The van der Waals surface area contributed by atoms with Gasteiger partial charge >= 0.3 is 0 Å². The van der Waals surface area contributed by atoms with Crippen LogP contribution in [0.1, 0.15) is 25.1 Å². The molecule has 0 aliphatic carbocycles. The summed E-state index contributed by atoms with van der Waals surface area (Å²) < 4.78 is 0. The Balaban J connectivity index is 2.13. The summed E-state index contributed by atoms with van der Waals surface area (Å²) in [5.74, 6) is 0.0571. The zero-order valence-corrected chi connectivity index (χ0v) is 11.4. The van der Waals surface area contributed by atoms with E-state index in [0.717, 1.165) is 4.88 Å². The van der Waals surface area contributed by atoms with Gasteiger partial charge in [0.2, 0.25) is 11.8 Å². The van der Waals surface area contributed by atoms with Crippen LogP contribution in [-0.2, 0) is 16.1 Å². The number of thiazole rings is 1. The lowest BCUT2D eigenvalue weighted by Gasteiger charge is -2.25. The van der Waals surface area contributed by atoms with Crippen molar-refractivity contribution in [3.8, 4) is 0 Å². The SMILES string of the molecule is CC(C)C1NC(=O)CCN(Cc2cncs2)C1=O. The second kappa shape index (κ2) is 5.48. The van der Waals surface area contributed by atoms with Crippen LogP contribution in [0, 0.1) is 5.92 Å². The van der Waals surface area contributed by atoms with E-state index in [1.807, 2.05) is 13.8 Å². The fraction of sp³-hybridized carbons (Fsp3) is 0.583. The first kappa shape index (κ1) is 13.0. The van der Waals surface area contributed by atoms with Crippen molar-refractivity contribution in [1.29, 1.82) is 0 Å². The van der Waals surface area contributed by atoms with Gasteiger partial charge in [-0.2, -0.15) is 0 Å². The topological polar surface area (TPSA) is 62.3 Å². The molecule has 0 saturated carbocycles. The standard InChI is InChI=1S/C12H17N3O2S/c1-8(2)11-12(17)15(4-3-10(16)14-11)6-9-5-13-7-18-9/h5,7-8,11H,3-4,6H2,1-2H3,(H,14,16). The zero-order valence-electron chi connectivity index (χ0n) is 10.5. The molecule has 0 aromatic carbocycles. The van der Waals surface area contributed by atoms with E-state index < -0.39 is 6.04 Å². The Morgan fingerprint density at radius 2 is 2.33 bits per heavy atom.